The van der Waals surface area contributed by atoms with E-state index in [0.29, 0.717) is 39.0 Å². The Bertz CT molecular complexity index is 1140. The van der Waals surface area contributed by atoms with Gasteiger partial charge in [0.15, 0.2) is 0 Å². The number of nitrogens with one attached hydrogen (secondary N) is 1. The number of halogens is 1. The summed E-state index contributed by atoms with van der Waals surface area (Å²) in [7, 11) is 1.31. The zero-order chi connectivity index (χ0) is 22.7. The van der Waals surface area contributed by atoms with Crippen molar-refractivity contribution in [3.05, 3.63) is 57.6 Å². The molecule has 9 heteroatoms. The molecule has 7 nitrogen and oxygen atoms in total. The number of esters is 1. The second-order valence-corrected chi connectivity index (χ2v) is 9.20. The summed E-state index contributed by atoms with van der Waals surface area (Å²) in [5, 5.41) is 13.2. The lowest BCUT2D eigenvalue weighted by Gasteiger charge is -2.30. The van der Waals surface area contributed by atoms with Gasteiger partial charge in [-0.2, -0.15) is 0 Å². The van der Waals surface area contributed by atoms with Crippen LogP contribution in [0.3, 0.4) is 0 Å². The monoisotopic (exact) mass is 473 g/mol. The Balaban J connectivity index is 1.61. The average Bonchev–Trinajstić information content (AvgIpc) is 3.16. The van der Waals surface area contributed by atoms with E-state index in [0.717, 1.165) is 31.6 Å². The highest BCUT2D eigenvalue weighted by atomic mass is 35.5. The topological polar surface area (TPSA) is 91.8 Å². The van der Waals surface area contributed by atoms with E-state index in [1.165, 1.54) is 18.4 Å². The highest BCUT2D eigenvalue weighted by Gasteiger charge is 2.24. The molecule has 168 valence electrons. The highest BCUT2D eigenvalue weighted by Crippen LogP contribution is 2.36. The number of carbonyl (C=O) groups is 2. The van der Waals surface area contributed by atoms with Crippen LogP contribution < -0.4 is 5.32 Å². The van der Waals surface area contributed by atoms with Crippen LogP contribution in [0.4, 0.5) is 5.69 Å². The Kier molecular flexibility index (Phi) is 7.05. The molecule has 0 radical (unpaired) electrons. The lowest BCUT2D eigenvalue weighted by Crippen LogP contribution is -2.34. The van der Waals surface area contributed by atoms with E-state index in [4.69, 9.17) is 21.3 Å². The number of aliphatic hydroxyl groups excluding tert-OH is 1. The standard InChI is InChI=1S/C23H24ClN3O4S/c1-31-23(30)20-19(26-21(29)16-4-2-3-5-18(16)24)17-7-6-15(25-22(17)32-20)12-27-10-8-14(13-28)9-11-27/h2-7,14,28H,8-13H2,1H3,(H,26,29). The molecule has 2 N–H and O–H groups in total. The number of likely N-dealkylation sites (tertiary alicyclic amines) is 1. The summed E-state index contributed by atoms with van der Waals surface area (Å²) >= 11 is 7.35. The highest BCUT2D eigenvalue weighted by molar-refractivity contribution is 7.21. The van der Waals surface area contributed by atoms with Gasteiger partial charge in [0.2, 0.25) is 0 Å². The third-order valence-corrected chi connectivity index (χ3v) is 7.10. The van der Waals surface area contributed by atoms with Gasteiger partial charge < -0.3 is 15.2 Å². The van der Waals surface area contributed by atoms with E-state index < -0.39 is 11.9 Å². The lowest BCUT2D eigenvalue weighted by molar-refractivity contribution is 0.0607. The molecule has 32 heavy (non-hydrogen) atoms. The fraction of sp³-hybridized carbons (Fsp3) is 0.348. The molecule has 1 aliphatic heterocycles. The van der Waals surface area contributed by atoms with Crippen molar-refractivity contribution in [2.75, 3.05) is 32.1 Å². The van der Waals surface area contributed by atoms with Gasteiger partial charge in [0.05, 0.1) is 29.1 Å². The Morgan fingerprint density at radius 1 is 1.25 bits per heavy atom. The van der Waals surface area contributed by atoms with Crippen LogP contribution >= 0.6 is 22.9 Å². The van der Waals surface area contributed by atoms with Gasteiger partial charge in [0, 0.05) is 18.5 Å². The van der Waals surface area contributed by atoms with Gasteiger partial charge in [-0.3, -0.25) is 9.69 Å². The van der Waals surface area contributed by atoms with Gasteiger partial charge in [-0.05, 0) is 56.1 Å². The van der Waals surface area contributed by atoms with Crippen LogP contribution in [-0.2, 0) is 11.3 Å². The number of amides is 1. The summed E-state index contributed by atoms with van der Waals surface area (Å²) in [6.45, 7) is 2.77. The SMILES string of the molecule is COC(=O)c1sc2nc(CN3CCC(CO)CC3)ccc2c1NC(=O)c1ccccc1Cl. The summed E-state index contributed by atoms with van der Waals surface area (Å²) in [5.74, 6) is -0.558. The number of aromatic nitrogens is 1. The van der Waals surface area contributed by atoms with Gasteiger partial charge in [0.25, 0.3) is 5.91 Å². The molecular weight excluding hydrogens is 450 g/mol. The molecule has 2 aromatic heterocycles. The number of benzene rings is 1. The lowest BCUT2D eigenvalue weighted by atomic mass is 9.98. The van der Waals surface area contributed by atoms with Gasteiger partial charge in [-0.1, -0.05) is 23.7 Å². The molecule has 3 heterocycles. The van der Waals surface area contributed by atoms with Gasteiger partial charge >= 0.3 is 5.97 Å². The van der Waals surface area contributed by atoms with Crippen molar-refractivity contribution in [1.29, 1.82) is 0 Å². The van der Waals surface area contributed by atoms with E-state index in [1.807, 2.05) is 12.1 Å². The molecular formula is C23H24ClN3O4S. The molecule has 1 aliphatic rings. The third kappa shape index (κ3) is 4.78. The number of pyridine rings is 1. The molecule has 3 aromatic rings. The number of ether oxygens (including phenoxy) is 1. The first kappa shape index (κ1) is 22.7. The first-order chi connectivity index (χ1) is 15.5. The number of thiophene rings is 1. The van der Waals surface area contributed by atoms with Crippen molar-refractivity contribution in [2.24, 2.45) is 5.92 Å². The quantitative estimate of drug-likeness (QED) is 0.521. The maximum Gasteiger partial charge on any atom is 0.350 e. The number of aliphatic hydroxyl groups is 1. The fourth-order valence-corrected chi connectivity index (χ4v) is 5.14. The second kappa shape index (κ2) is 9.95. The summed E-state index contributed by atoms with van der Waals surface area (Å²) in [6, 6.07) is 10.5. The number of piperidine rings is 1. The van der Waals surface area contributed by atoms with E-state index in [1.54, 1.807) is 24.3 Å². The van der Waals surface area contributed by atoms with Crippen molar-refractivity contribution in [2.45, 2.75) is 19.4 Å². The molecule has 0 atom stereocenters. The molecule has 0 aliphatic carbocycles. The molecule has 0 unspecified atom stereocenters. The first-order valence-corrected chi connectivity index (χ1v) is 11.6. The van der Waals surface area contributed by atoms with Gasteiger partial charge in [-0.15, -0.1) is 11.3 Å². The van der Waals surface area contributed by atoms with Crippen LogP contribution in [0.2, 0.25) is 5.02 Å². The van der Waals surface area contributed by atoms with Gasteiger partial charge in [0.1, 0.15) is 9.71 Å². The zero-order valence-electron chi connectivity index (χ0n) is 17.6. The van der Waals surface area contributed by atoms with Crippen LogP contribution in [0.1, 0.15) is 38.6 Å². The largest absolute Gasteiger partial charge is 0.465 e. The van der Waals surface area contributed by atoms with Crippen molar-refractivity contribution in [1.82, 2.24) is 9.88 Å². The number of carbonyl (C=O) groups excluding carboxylic acids is 2. The van der Waals surface area contributed by atoms with Crippen molar-refractivity contribution in [3.8, 4) is 0 Å². The maximum absolute atomic E-state index is 12.8. The minimum atomic E-state index is -0.532. The number of fused-ring (bicyclic) bond motifs is 1. The number of hydrogen-bond donors (Lipinski definition) is 2. The number of rotatable bonds is 6. The fourth-order valence-electron chi connectivity index (χ4n) is 3.85. The van der Waals surface area contributed by atoms with Crippen LogP contribution in [-0.4, -0.2) is 53.7 Å². The number of nitrogens with zero attached hydrogens (tertiary/aromatic N) is 2. The predicted molar refractivity (Wildman–Crippen MR) is 125 cm³/mol. The summed E-state index contributed by atoms with van der Waals surface area (Å²) in [4.78, 5) is 33.2. The molecule has 1 amide bonds. The van der Waals surface area contributed by atoms with E-state index >= 15 is 0 Å². The van der Waals surface area contributed by atoms with Crippen LogP contribution in [0.25, 0.3) is 10.2 Å². The molecule has 4 rings (SSSR count). The number of hydrogen-bond acceptors (Lipinski definition) is 7. The summed E-state index contributed by atoms with van der Waals surface area (Å²) in [5.41, 5.74) is 1.59. The number of anilines is 1. The van der Waals surface area contributed by atoms with E-state index in [2.05, 4.69) is 10.2 Å². The van der Waals surface area contributed by atoms with Crippen LogP contribution in [0.5, 0.6) is 0 Å². The zero-order valence-corrected chi connectivity index (χ0v) is 19.2. The van der Waals surface area contributed by atoms with Crippen LogP contribution in [0, 0.1) is 5.92 Å². The minimum absolute atomic E-state index is 0.242. The Morgan fingerprint density at radius 2 is 2.00 bits per heavy atom. The number of methoxy groups -OCH3 is 1. The van der Waals surface area contributed by atoms with Crippen LogP contribution in [0.15, 0.2) is 36.4 Å². The van der Waals surface area contributed by atoms with Gasteiger partial charge in [-0.25, -0.2) is 9.78 Å². The third-order valence-electron chi connectivity index (χ3n) is 5.69. The predicted octanol–water partition coefficient (Wildman–Crippen LogP) is 4.19. The minimum Gasteiger partial charge on any atom is -0.465 e. The Labute approximate surface area is 195 Å². The molecule has 0 saturated carbocycles. The smallest absolute Gasteiger partial charge is 0.350 e. The molecule has 1 saturated heterocycles. The summed E-state index contributed by atoms with van der Waals surface area (Å²) in [6.07, 6.45) is 1.95. The second-order valence-electron chi connectivity index (χ2n) is 7.79. The maximum atomic E-state index is 12.8. The Morgan fingerprint density at radius 3 is 2.69 bits per heavy atom. The van der Waals surface area contributed by atoms with Crippen molar-refractivity contribution in [3.63, 3.8) is 0 Å². The summed E-state index contributed by atoms with van der Waals surface area (Å²) < 4.78 is 4.93. The molecule has 1 fully saturated rings. The first-order valence-electron chi connectivity index (χ1n) is 10.4. The van der Waals surface area contributed by atoms with Crippen molar-refractivity contribution >= 4 is 50.7 Å². The normalized spacial score (nSPS) is 15.1. The Hall–Kier alpha value is -2.52. The van der Waals surface area contributed by atoms with E-state index in [9.17, 15) is 14.7 Å². The molecule has 1 aromatic carbocycles. The average molecular weight is 474 g/mol. The molecule has 0 spiro atoms. The van der Waals surface area contributed by atoms with Crippen molar-refractivity contribution < 1.29 is 19.4 Å². The molecule has 0 bridgehead atoms. The van der Waals surface area contributed by atoms with E-state index in [-0.39, 0.29) is 11.5 Å².